The summed E-state index contributed by atoms with van der Waals surface area (Å²) in [7, 11) is 1.09. The summed E-state index contributed by atoms with van der Waals surface area (Å²) in [6.07, 6.45) is -4.99. The van der Waals surface area contributed by atoms with Crippen molar-refractivity contribution in [3.8, 4) is 0 Å². The highest BCUT2D eigenvalue weighted by Crippen LogP contribution is 2.26. The molecule has 1 heterocycles. The highest BCUT2D eigenvalue weighted by molar-refractivity contribution is 7.14. The number of thiophene rings is 1. The minimum absolute atomic E-state index is 0.106. The maximum Gasteiger partial charge on any atom is 0.471 e. The van der Waals surface area contributed by atoms with E-state index in [-0.39, 0.29) is 10.6 Å². The topological polar surface area (TPSA) is 55.4 Å². The lowest BCUT2D eigenvalue weighted by molar-refractivity contribution is -0.167. The van der Waals surface area contributed by atoms with Crippen LogP contribution in [0, 0.1) is 0 Å². The van der Waals surface area contributed by atoms with Gasteiger partial charge in [-0.05, 0) is 11.4 Å². The standard InChI is InChI=1S/C8H6F3NO3S/c1-15-6(13)4-2-3-16-5(4)12-7(14)8(9,10)11/h2-3H,1H3,(H,12,14). The Labute approximate surface area is 92.0 Å². The second-order valence-electron chi connectivity index (χ2n) is 2.61. The first-order valence-corrected chi connectivity index (χ1v) is 4.78. The molecule has 1 rings (SSSR count). The first kappa shape index (κ1) is 12.5. The number of methoxy groups -OCH3 is 1. The second kappa shape index (κ2) is 4.52. The van der Waals surface area contributed by atoms with Gasteiger partial charge in [0, 0.05) is 0 Å². The molecule has 88 valence electrons. The number of carbonyl (C=O) groups excluding carboxylic acids is 2. The number of halogens is 3. The number of amides is 1. The van der Waals surface area contributed by atoms with Crippen LogP contribution < -0.4 is 5.32 Å². The Kier molecular flexibility index (Phi) is 3.53. The fraction of sp³-hybridized carbons (Fsp3) is 0.250. The van der Waals surface area contributed by atoms with Gasteiger partial charge in [0.15, 0.2) is 0 Å². The highest BCUT2D eigenvalue weighted by Gasteiger charge is 2.39. The van der Waals surface area contributed by atoms with Crippen LogP contribution in [-0.2, 0) is 9.53 Å². The van der Waals surface area contributed by atoms with Gasteiger partial charge < -0.3 is 10.1 Å². The zero-order valence-corrected chi connectivity index (χ0v) is 8.74. The highest BCUT2D eigenvalue weighted by atomic mass is 32.1. The number of ether oxygens (including phenoxy) is 1. The summed E-state index contributed by atoms with van der Waals surface area (Å²) in [6.45, 7) is 0. The number of carbonyl (C=O) groups is 2. The predicted octanol–water partition coefficient (Wildman–Crippen LogP) is 2.04. The molecule has 0 unspecified atom stereocenters. The Morgan fingerprint density at radius 3 is 2.56 bits per heavy atom. The molecule has 0 spiro atoms. The van der Waals surface area contributed by atoms with Crippen LogP contribution in [0.4, 0.5) is 18.2 Å². The van der Waals surface area contributed by atoms with Crippen molar-refractivity contribution in [2.75, 3.05) is 12.4 Å². The lowest BCUT2D eigenvalue weighted by atomic mass is 10.3. The quantitative estimate of drug-likeness (QED) is 0.820. The monoisotopic (exact) mass is 253 g/mol. The molecule has 0 fully saturated rings. The summed E-state index contributed by atoms with van der Waals surface area (Å²) in [5.74, 6) is -2.93. The summed E-state index contributed by atoms with van der Waals surface area (Å²) in [4.78, 5) is 21.7. The first-order valence-electron chi connectivity index (χ1n) is 3.90. The van der Waals surface area contributed by atoms with E-state index in [0.717, 1.165) is 18.4 Å². The van der Waals surface area contributed by atoms with E-state index in [1.54, 1.807) is 5.32 Å². The Bertz CT molecular complexity index is 413. The molecule has 0 bridgehead atoms. The van der Waals surface area contributed by atoms with Crippen LogP contribution in [0.5, 0.6) is 0 Å². The summed E-state index contributed by atoms with van der Waals surface area (Å²) in [6, 6.07) is 1.27. The van der Waals surface area contributed by atoms with E-state index in [0.29, 0.717) is 0 Å². The van der Waals surface area contributed by atoms with E-state index < -0.39 is 18.1 Å². The minimum Gasteiger partial charge on any atom is -0.465 e. The third-order valence-corrected chi connectivity index (χ3v) is 2.38. The van der Waals surface area contributed by atoms with Gasteiger partial charge in [-0.25, -0.2) is 4.79 Å². The molecule has 1 aromatic rings. The second-order valence-corrected chi connectivity index (χ2v) is 3.52. The molecule has 0 radical (unpaired) electrons. The summed E-state index contributed by atoms with van der Waals surface area (Å²) < 4.78 is 40.1. The number of alkyl halides is 3. The predicted molar refractivity (Wildman–Crippen MR) is 50.3 cm³/mol. The van der Waals surface area contributed by atoms with Crippen molar-refractivity contribution in [2.24, 2.45) is 0 Å². The largest absolute Gasteiger partial charge is 0.471 e. The number of rotatable bonds is 2. The van der Waals surface area contributed by atoms with Crippen molar-refractivity contribution in [1.82, 2.24) is 0 Å². The third kappa shape index (κ3) is 2.72. The van der Waals surface area contributed by atoms with Gasteiger partial charge in [0.05, 0.1) is 12.7 Å². The van der Waals surface area contributed by atoms with Gasteiger partial charge in [-0.2, -0.15) is 13.2 Å². The lowest BCUT2D eigenvalue weighted by Crippen LogP contribution is -2.30. The van der Waals surface area contributed by atoms with Gasteiger partial charge in [-0.15, -0.1) is 11.3 Å². The molecule has 1 aromatic heterocycles. The molecule has 8 heteroatoms. The van der Waals surface area contributed by atoms with Crippen LogP contribution in [0.15, 0.2) is 11.4 Å². The maximum atomic E-state index is 11.9. The molecular weight excluding hydrogens is 247 g/mol. The van der Waals surface area contributed by atoms with E-state index in [2.05, 4.69) is 4.74 Å². The van der Waals surface area contributed by atoms with E-state index in [4.69, 9.17) is 0 Å². The molecule has 1 N–H and O–H groups in total. The van der Waals surface area contributed by atoms with Crippen molar-refractivity contribution < 1.29 is 27.5 Å². The fourth-order valence-electron chi connectivity index (χ4n) is 0.851. The molecule has 0 aliphatic rings. The van der Waals surface area contributed by atoms with E-state index in [9.17, 15) is 22.8 Å². The number of hydrogen-bond donors (Lipinski definition) is 1. The summed E-state index contributed by atoms with van der Waals surface area (Å²) >= 11 is 0.805. The molecular formula is C8H6F3NO3S. The number of esters is 1. The molecule has 4 nitrogen and oxygen atoms in total. The van der Waals surface area contributed by atoms with Gasteiger partial charge in [0.25, 0.3) is 0 Å². The van der Waals surface area contributed by atoms with Crippen LogP contribution in [0.2, 0.25) is 0 Å². The van der Waals surface area contributed by atoms with Gasteiger partial charge in [-0.3, -0.25) is 4.79 Å². The normalized spacial score (nSPS) is 11.0. The minimum atomic E-state index is -4.99. The fourth-order valence-corrected chi connectivity index (χ4v) is 1.62. The van der Waals surface area contributed by atoms with Crippen LogP contribution in [0.25, 0.3) is 0 Å². The summed E-state index contributed by atoms with van der Waals surface area (Å²) in [5.41, 5.74) is -0.106. The van der Waals surface area contributed by atoms with E-state index >= 15 is 0 Å². The van der Waals surface area contributed by atoms with Gasteiger partial charge in [-0.1, -0.05) is 0 Å². The van der Waals surface area contributed by atoms with Crippen molar-refractivity contribution in [3.05, 3.63) is 17.0 Å². The molecule has 1 amide bonds. The number of hydrogen-bond acceptors (Lipinski definition) is 4. The Hall–Kier alpha value is -1.57. The van der Waals surface area contributed by atoms with Gasteiger partial charge >= 0.3 is 18.1 Å². The van der Waals surface area contributed by atoms with Crippen molar-refractivity contribution >= 4 is 28.2 Å². The van der Waals surface area contributed by atoms with Crippen molar-refractivity contribution in [1.29, 1.82) is 0 Å². The first-order chi connectivity index (χ1) is 7.36. The molecule has 0 aliphatic carbocycles. The molecule has 0 aromatic carbocycles. The Morgan fingerprint density at radius 2 is 2.06 bits per heavy atom. The van der Waals surface area contributed by atoms with Crippen LogP contribution in [0.1, 0.15) is 10.4 Å². The Morgan fingerprint density at radius 1 is 1.44 bits per heavy atom. The third-order valence-electron chi connectivity index (χ3n) is 1.56. The van der Waals surface area contributed by atoms with Crippen molar-refractivity contribution in [3.63, 3.8) is 0 Å². The van der Waals surface area contributed by atoms with Crippen LogP contribution >= 0.6 is 11.3 Å². The molecule has 16 heavy (non-hydrogen) atoms. The lowest BCUT2D eigenvalue weighted by Gasteiger charge is -2.07. The SMILES string of the molecule is COC(=O)c1ccsc1NC(=O)C(F)(F)F. The average Bonchev–Trinajstić information content (AvgIpc) is 2.63. The molecule has 0 saturated heterocycles. The van der Waals surface area contributed by atoms with Gasteiger partial charge in [0.1, 0.15) is 5.00 Å². The zero-order chi connectivity index (χ0) is 12.3. The van der Waals surface area contributed by atoms with Crippen LogP contribution in [-0.4, -0.2) is 25.2 Å². The zero-order valence-electron chi connectivity index (χ0n) is 7.92. The van der Waals surface area contributed by atoms with E-state index in [1.807, 2.05) is 0 Å². The van der Waals surface area contributed by atoms with Crippen LogP contribution in [0.3, 0.4) is 0 Å². The number of anilines is 1. The molecule has 0 saturated carbocycles. The van der Waals surface area contributed by atoms with E-state index in [1.165, 1.54) is 11.4 Å². The maximum absolute atomic E-state index is 11.9. The summed E-state index contributed by atoms with van der Waals surface area (Å²) in [5, 5.41) is 2.79. The smallest absolute Gasteiger partial charge is 0.465 e. The van der Waals surface area contributed by atoms with Crippen molar-refractivity contribution in [2.45, 2.75) is 6.18 Å². The molecule has 0 atom stereocenters. The molecule has 0 aliphatic heterocycles. The Balaban J connectivity index is 2.87. The van der Waals surface area contributed by atoms with Gasteiger partial charge in [0.2, 0.25) is 0 Å². The average molecular weight is 253 g/mol. The number of nitrogens with one attached hydrogen (secondary N) is 1.